The third-order valence-electron chi connectivity index (χ3n) is 3.06. The van der Waals surface area contributed by atoms with Crippen LogP contribution in [-0.2, 0) is 22.6 Å². The Labute approximate surface area is 128 Å². The molecular formula is C16H18N2O2S. The highest BCUT2D eigenvalue weighted by Gasteiger charge is 2.12. The van der Waals surface area contributed by atoms with Crippen molar-refractivity contribution in [1.29, 1.82) is 0 Å². The van der Waals surface area contributed by atoms with E-state index in [1.54, 1.807) is 11.3 Å². The van der Waals surface area contributed by atoms with E-state index in [0.29, 0.717) is 13.1 Å². The van der Waals surface area contributed by atoms with Crippen LogP contribution in [0.4, 0.5) is 0 Å². The van der Waals surface area contributed by atoms with Crippen molar-refractivity contribution in [2.75, 3.05) is 6.54 Å². The van der Waals surface area contributed by atoms with Gasteiger partial charge in [0, 0.05) is 13.1 Å². The van der Waals surface area contributed by atoms with E-state index in [-0.39, 0.29) is 0 Å². The maximum atomic E-state index is 11.7. The molecule has 0 saturated carbocycles. The quantitative estimate of drug-likeness (QED) is 0.830. The molecule has 0 radical (unpaired) electrons. The summed E-state index contributed by atoms with van der Waals surface area (Å²) in [6.45, 7) is 2.83. The minimum absolute atomic E-state index is 0.358. The number of hydrogen-bond donors (Lipinski definition) is 2. The van der Waals surface area contributed by atoms with E-state index in [2.05, 4.69) is 10.6 Å². The molecule has 0 atom stereocenters. The second kappa shape index (κ2) is 7.59. The van der Waals surface area contributed by atoms with Gasteiger partial charge in [-0.15, -0.1) is 0 Å². The van der Waals surface area contributed by atoms with Crippen LogP contribution in [0.25, 0.3) is 0 Å². The summed E-state index contributed by atoms with van der Waals surface area (Å²) in [5.41, 5.74) is 3.30. The van der Waals surface area contributed by atoms with Crippen LogP contribution in [0.3, 0.4) is 0 Å². The topological polar surface area (TPSA) is 58.2 Å². The van der Waals surface area contributed by atoms with Crippen molar-refractivity contribution < 1.29 is 9.59 Å². The van der Waals surface area contributed by atoms with E-state index in [1.165, 1.54) is 5.56 Å². The fraction of sp³-hybridized carbons (Fsp3) is 0.250. The van der Waals surface area contributed by atoms with Gasteiger partial charge in [0.1, 0.15) is 0 Å². The Morgan fingerprint density at radius 2 is 1.71 bits per heavy atom. The number of rotatable bonds is 5. The molecular weight excluding hydrogens is 284 g/mol. The number of nitrogens with one attached hydrogen (secondary N) is 2. The summed E-state index contributed by atoms with van der Waals surface area (Å²) in [4.78, 5) is 23.3. The lowest BCUT2D eigenvalue weighted by Crippen LogP contribution is -2.40. The van der Waals surface area contributed by atoms with Crippen molar-refractivity contribution >= 4 is 23.2 Å². The first kappa shape index (κ1) is 15.3. The van der Waals surface area contributed by atoms with Crippen molar-refractivity contribution in [2.24, 2.45) is 0 Å². The summed E-state index contributed by atoms with van der Waals surface area (Å²) in [5, 5.41) is 9.26. The predicted molar refractivity (Wildman–Crippen MR) is 84.1 cm³/mol. The summed E-state index contributed by atoms with van der Waals surface area (Å²) >= 11 is 1.62. The van der Waals surface area contributed by atoms with Gasteiger partial charge in [0.15, 0.2) is 0 Å². The molecule has 110 valence electrons. The summed E-state index contributed by atoms with van der Waals surface area (Å²) in [5.74, 6) is -1.18. The molecule has 2 N–H and O–H groups in total. The Balaban J connectivity index is 1.69. The molecule has 1 heterocycles. The zero-order valence-electron chi connectivity index (χ0n) is 11.9. The molecule has 2 aromatic rings. The van der Waals surface area contributed by atoms with Crippen LogP contribution in [0.5, 0.6) is 0 Å². The van der Waals surface area contributed by atoms with Gasteiger partial charge in [-0.1, -0.05) is 29.8 Å². The molecule has 0 aliphatic rings. The molecule has 0 aliphatic carbocycles. The van der Waals surface area contributed by atoms with E-state index in [4.69, 9.17) is 0 Å². The average molecular weight is 302 g/mol. The smallest absolute Gasteiger partial charge is 0.309 e. The van der Waals surface area contributed by atoms with E-state index in [1.807, 2.05) is 48.0 Å². The van der Waals surface area contributed by atoms with Gasteiger partial charge in [-0.3, -0.25) is 9.59 Å². The Hall–Kier alpha value is -2.14. The maximum Gasteiger partial charge on any atom is 0.309 e. The number of thiophene rings is 1. The molecule has 2 rings (SSSR count). The molecule has 0 saturated heterocycles. The van der Waals surface area contributed by atoms with Crippen LogP contribution in [0, 0.1) is 6.92 Å². The van der Waals surface area contributed by atoms with Crippen LogP contribution < -0.4 is 10.6 Å². The first-order valence-electron chi connectivity index (χ1n) is 6.78. The van der Waals surface area contributed by atoms with Gasteiger partial charge in [-0.2, -0.15) is 11.3 Å². The SMILES string of the molecule is Cc1ccc(CNC(=O)C(=O)NCCc2ccsc2)cc1. The Morgan fingerprint density at radius 1 is 1.00 bits per heavy atom. The molecule has 0 bridgehead atoms. The summed E-state index contributed by atoms with van der Waals surface area (Å²) < 4.78 is 0. The predicted octanol–water partition coefficient (Wildman–Crippen LogP) is 2.03. The van der Waals surface area contributed by atoms with Crippen LogP contribution >= 0.6 is 11.3 Å². The van der Waals surface area contributed by atoms with E-state index < -0.39 is 11.8 Å². The van der Waals surface area contributed by atoms with Gasteiger partial charge >= 0.3 is 11.8 Å². The van der Waals surface area contributed by atoms with Gasteiger partial charge < -0.3 is 10.6 Å². The molecule has 0 unspecified atom stereocenters. The van der Waals surface area contributed by atoms with Crippen molar-refractivity contribution in [3.05, 3.63) is 57.8 Å². The fourth-order valence-corrected chi connectivity index (χ4v) is 2.51. The number of aryl methyl sites for hydroxylation is 1. The maximum absolute atomic E-state index is 11.7. The summed E-state index contributed by atoms with van der Waals surface area (Å²) in [6, 6.07) is 9.83. The van der Waals surface area contributed by atoms with E-state index >= 15 is 0 Å². The number of amides is 2. The number of hydrogen-bond acceptors (Lipinski definition) is 3. The van der Waals surface area contributed by atoms with Crippen LogP contribution in [0.15, 0.2) is 41.1 Å². The Bertz CT molecular complexity index is 591. The van der Waals surface area contributed by atoms with Gasteiger partial charge in [0.25, 0.3) is 0 Å². The highest BCUT2D eigenvalue weighted by Crippen LogP contribution is 2.05. The minimum Gasteiger partial charge on any atom is -0.348 e. The highest BCUT2D eigenvalue weighted by atomic mass is 32.1. The lowest BCUT2D eigenvalue weighted by atomic mass is 10.1. The second-order valence-electron chi connectivity index (χ2n) is 4.81. The fourth-order valence-electron chi connectivity index (χ4n) is 1.80. The van der Waals surface area contributed by atoms with Crippen molar-refractivity contribution in [2.45, 2.75) is 19.9 Å². The third kappa shape index (κ3) is 5.04. The van der Waals surface area contributed by atoms with Crippen molar-refractivity contribution in [3.63, 3.8) is 0 Å². The first-order chi connectivity index (χ1) is 10.1. The molecule has 2 amide bonds. The zero-order chi connectivity index (χ0) is 15.1. The molecule has 0 aliphatic heterocycles. The van der Waals surface area contributed by atoms with Gasteiger partial charge in [0.05, 0.1) is 0 Å². The average Bonchev–Trinajstić information content (AvgIpc) is 2.99. The molecule has 1 aromatic carbocycles. The van der Waals surface area contributed by atoms with Crippen LogP contribution in [-0.4, -0.2) is 18.4 Å². The standard InChI is InChI=1S/C16H18N2O2S/c1-12-2-4-13(5-3-12)10-18-16(20)15(19)17-8-6-14-7-9-21-11-14/h2-5,7,9,11H,6,8,10H2,1H3,(H,17,19)(H,18,20). The summed E-state index contributed by atoms with van der Waals surface area (Å²) in [7, 11) is 0. The lowest BCUT2D eigenvalue weighted by Gasteiger charge is -2.06. The molecule has 5 heteroatoms. The minimum atomic E-state index is -0.596. The van der Waals surface area contributed by atoms with E-state index in [9.17, 15) is 9.59 Å². The van der Waals surface area contributed by atoms with Gasteiger partial charge in [-0.05, 0) is 41.3 Å². The zero-order valence-corrected chi connectivity index (χ0v) is 12.7. The molecule has 1 aromatic heterocycles. The number of carbonyl (C=O) groups is 2. The molecule has 0 fully saturated rings. The third-order valence-corrected chi connectivity index (χ3v) is 3.79. The van der Waals surface area contributed by atoms with Crippen molar-refractivity contribution in [1.82, 2.24) is 10.6 Å². The Kier molecular flexibility index (Phi) is 5.51. The highest BCUT2D eigenvalue weighted by molar-refractivity contribution is 7.07. The normalized spacial score (nSPS) is 10.1. The molecule has 21 heavy (non-hydrogen) atoms. The van der Waals surface area contributed by atoms with Crippen LogP contribution in [0.1, 0.15) is 16.7 Å². The Morgan fingerprint density at radius 3 is 2.38 bits per heavy atom. The second-order valence-corrected chi connectivity index (χ2v) is 5.59. The van der Waals surface area contributed by atoms with Crippen LogP contribution in [0.2, 0.25) is 0 Å². The number of benzene rings is 1. The van der Waals surface area contributed by atoms with Crippen molar-refractivity contribution in [3.8, 4) is 0 Å². The van der Waals surface area contributed by atoms with E-state index in [0.717, 1.165) is 17.5 Å². The molecule has 4 nitrogen and oxygen atoms in total. The largest absolute Gasteiger partial charge is 0.348 e. The van der Waals surface area contributed by atoms with Gasteiger partial charge in [0.2, 0.25) is 0 Å². The number of carbonyl (C=O) groups excluding carboxylic acids is 2. The monoisotopic (exact) mass is 302 g/mol. The lowest BCUT2D eigenvalue weighted by molar-refractivity contribution is -0.139. The first-order valence-corrected chi connectivity index (χ1v) is 7.72. The van der Waals surface area contributed by atoms with Gasteiger partial charge in [-0.25, -0.2) is 0 Å². The molecule has 0 spiro atoms. The summed E-state index contributed by atoms with van der Waals surface area (Å²) in [6.07, 6.45) is 0.737.